The zero-order valence-electron chi connectivity index (χ0n) is 12.3. The van der Waals surface area contributed by atoms with E-state index < -0.39 is 11.4 Å². The van der Waals surface area contributed by atoms with E-state index in [0.717, 1.165) is 5.69 Å². The Morgan fingerprint density at radius 3 is 2.38 bits per heavy atom. The summed E-state index contributed by atoms with van der Waals surface area (Å²) >= 11 is 0. The first-order chi connectivity index (χ1) is 10.1. The van der Waals surface area contributed by atoms with Crippen LogP contribution < -0.4 is 5.32 Å². The first-order valence-corrected chi connectivity index (χ1v) is 7.37. The Balaban J connectivity index is 1.84. The molecule has 0 spiro atoms. The molecule has 0 unspecified atom stereocenters. The molecule has 0 aliphatic carbocycles. The van der Waals surface area contributed by atoms with Crippen molar-refractivity contribution in [1.29, 1.82) is 0 Å². The van der Waals surface area contributed by atoms with Gasteiger partial charge in [-0.15, -0.1) is 0 Å². The van der Waals surface area contributed by atoms with Gasteiger partial charge in [-0.1, -0.05) is 25.1 Å². The highest BCUT2D eigenvalue weighted by Crippen LogP contribution is 2.35. The highest BCUT2D eigenvalue weighted by Gasteiger charge is 2.40. The third kappa shape index (κ3) is 3.54. The van der Waals surface area contributed by atoms with Crippen LogP contribution in [0.15, 0.2) is 30.3 Å². The van der Waals surface area contributed by atoms with Gasteiger partial charge in [0.15, 0.2) is 0 Å². The fraction of sp³-hybridized carbons (Fsp3) is 0.500. The molecule has 1 aromatic rings. The molecule has 0 atom stereocenters. The highest BCUT2D eigenvalue weighted by atomic mass is 16.4. The maximum Gasteiger partial charge on any atom is 0.309 e. The quantitative estimate of drug-likeness (QED) is 0.872. The molecule has 114 valence electrons. The van der Waals surface area contributed by atoms with Gasteiger partial charge in [0.25, 0.3) is 0 Å². The molecule has 2 rings (SSSR count). The largest absolute Gasteiger partial charge is 0.481 e. The van der Waals surface area contributed by atoms with Crippen molar-refractivity contribution in [1.82, 2.24) is 4.90 Å². The van der Waals surface area contributed by atoms with Crippen LogP contribution in [0, 0.1) is 5.41 Å². The lowest BCUT2D eigenvalue weighted by Crippen LogP contribution is -2.47. The Hall–Kier alpha value is -2.04. The van der Waals surface area contributed by atoms with E-state index in [1.54, 1.807) is 4.90 Å². The first-order valence-electron chi connectivity index (χ1n) is 7.37. The van der Waals surface area contributed by atoms with Gasteiger partial charge < -0.3 is 15.3 Å². The summed E-state index contributed by atoms with van der Waals surface area (Å²) in [5.41, 5.74) is 0.264. The second-order valence-corrected chi connectivity index (χ2v) is 5.54. The van der Waals surface area contributed by atoms with Crippen molar-refractivity contribution in [3.63, 3.8) is 0 Å². The third-order valence-electron chi connectivity index (χ3n) is 4.42. The Kier molecular flexibility index (Phi) is 4.83. The lowest BCUT2D eigenvalue weighted by atomic mass is 9.76. The summed E-state index contributed by atoms with van der Waals surface area (Å²) in [6, 6.07) is 9.58. The van der Waals surface area contributed by atoms with E-state index in [2.05, 4.69) is 5.32 Å². The van der Waals surface area contributed by atoms with Crippen molar-refractivity contribution in [3.05, 3.63) is 30.3 Å². The number of nitrogens with zero attached hydrogens (tertiary/aromatic N) is 1. The topological polar surface area (TPSA) is 69.6 Å². The Morgan fingerprint density at radius 1 is 1.24 bits per heavy atom. The molecular weight excluding hydrogens is 268 g/mol. The number of anilines is 1. The summed E-state index contributed by atoms with van der Waals surface area (Å²) in [4.78, 5) is 25.3. The lowest BCUT2D eigenvalue weighted by Gasteiger charge is -2.38. The number of rotatable bonds is 5. The molecule has 1 aromatic carbocycles. The number of carboxylic acids is 1. The first kappa shape index (κ1) is 15.4. The van der Waals surface area contributed by atoms with E-state index in [-0.39, 0.29) is 12.5 Å². The Labute approximate surface area is 125 Å². The molecule has 0 saturated carbocycles. The number of likely N-dealkylation sites (tertiary alicyclic amines) is 1. The number of hydrogen-bond acceptors (Lipinski definition) is 3. The maximum absolute atomic E-state index is 12.2. The number of carboxylic acid groups (broad SMARTS) is 1. The standard InChI is InChI=1S/C16H22N2O3/c1-2-16(15(20)21)8-10-18(11-9-16)14(19)12-17-13-6-4-3-5-7-13/h3-7,17H,2,8-12H2,1H3,(H,20,21). The molecule has 0 aromatic heterocycles. The van der Waals surface area contributed by atoms with Gasteiger partial charge in [0.2, 0.25) is 5.91 Å². The van der Waals surface area contributed by atoms with Crippen LogP contribution in [-0.2, 0) is 9.59 Å². The van der Waals surface area contributed by atoms with Gasteiger partial charge in [-0.05, 0) is 31.4 Å². The van der Waals surface area contributed by atoms with Gasteiger partial charge in [0.05, 0.1) is 12.0 Å². The van der Waals surface area contributed by atoms with Crippen molar-refractivity contribution in [2.75, 3.05) is 25.0 Å². The molecule has 1 heterocycles. The van der Waals surface area contributed by atoms with E-state index in [1.807, 2.05) is 37.3 Å². The van der Waals surface area contributed by atoms with E-state index in [4.69, 9.17) is 0 Å². The maximum atomic E-state index is 12.2. The predicted molar refractivity (Wildman–Crippen MR) is 81.1 cm³/mol. The fourth-order valence-corrected chi connectivity index (χ4v) is 2.75. The van der Waals surface area contributed by atoms with E-state index >= 15 is 0 Å². The lowest BCUT2D eigenvalue weighted by molar-refractivity contribution is -0.154. The van der Waals surface area contributed by atoms with Gasteiger partial charge in [-0.25, -0.2) is 0 Å². The fourth-order valence-electron chi connectivity index (χ4n) is 2.75. The van der Waals surface area contributed by atoms with Gasteiger partial charge >= 0.3 is 5.97 Å². The molecule has 21 heavy (non-hydrogen) atoms. The molecule has 1 fully saturated rings. The zero-order valence-corrected chi connectivity index (χ0v) is 12.3. The van der Waals surface area contributed by atoms with Crippen molar-refractivity contribution >= 4 is 17.6 Å². The second-order valence-electron chi connectivity index (χ2n) is 5.54. The number of carbonyl (C=O) groups is 2. The van der Waals surface area contributed by atoms with Gasteiger partial charge in [0, 0.05) is 18.8 Å². The van der Waals surface area contributed by atoms with Crippen molar-refractivity contribution in [2.45, 2.75) is 26.2 Å². The van der Waals surface area contributed by atoms with Gasteiger partial charge in [-0.3, -0.25) is 9.59 Å². The smallest absolute Gasteiger partial charge is 0.309 e. The van der Waals surface area contributed by atoms with Crippen molar-refractivity contribution in [3.8, 4) is 0 Å². The van der Waals surface area contributed by atoms with Crippen LogP contribution in [-0.4, -0.2) is 41.5 Å². The van der Waals surface area contributed by atoms with Crippen LogP contribution in [0.1, 0.15) is 26.2 Å². The van der Waals surface area contributed by atoms with Gasteiger partial charge in [-0.2, -0.15) is 0 Å². The van der Waals surface area contributed by atoms with Crippen LogP contribution in [0.4, 0.5) is 5.69 Å². The molecule has 1 aliphatic heterocycles. The Bertz CT molecular complexity index is 494. The number of para-hydroxylation sites is 1. The Morgan fingerprint density at radius 2 is 1.86 bits per heavy atom. The van der Waals surface area contributed by atoms with E-state index in [0.29, 0.717) is 32.4 Å². The van der Waals surface area contributed by atoms with Crippen molar-refractivity contribution in [2.24, 2.45) is 5.41 Å². The normalized spacial score (nSPS) is 17.3. The average Bonchev–Trinajstić information content (AvgIpc) is 2.53. The third-order valence-corrected chi connectivity index (χ3v) is 4.42. The number of hydrogen-bond donors (Lipinski definition) is 2. The molecule has 1 saturated heterocycles. The number of carbonyl (C=O) groups excluding carboxylic acids is 1. The highest BCUT2D eigenvalue weighted by molar-refractivity contribution is 5.81. The average molecular weight is 290 g/mol. The zero-order chi connectivity index (χ0) is 15.3. The number of nitrogens with one attached hydrogen (secondary N) is 1. The number of piperidine rings is 1. The van der Waals surface area contributed by atoms with Crippen LogP contribution in [0.2, 0.25) is 0 Å². The summed E-state index contributed by atoms with van der Waals surface area (Å²) in [5, 5.41) is 12.4. The molecule has 2 N–H and O–H groups in total. The van der Waals surface area contributed by atoms with E-state index in [9.17, 15) is 14.7 Å². The summed E-state index contributed by atoms with van der Waals surface area (Å²) in [7, 11) is 0. The van der Waals surface area contributed by atoms with Crippen LogP contribution in [0.25, 0.3) is 0 Å². The minimum atomic E-state index is -0.737. The minimum absolute atomic E-state index is 0.0222. The van der Waals surface area contributed by atoms with Crippen LogP contribution in [0.3, 0.4) is 0 Å². The SMILES string of the molecule is CCC1(C(=O)O)CCN(C(=O)CNc2ccccc2)CC1. The molecule has 5 heteroatoms. The van der Waals surface area contributed by atoms with E-state index in [1.165, 1.54) is 0 Å². The van der Waals surface area contributed by atoms with Crippen LogP contribution >= 0.6 is 0 Å². The monoisotopic (exact) mass is 290 g/mol. The minimum Gasteiger partial charge on any atom is -0.481 e. The molecule has 0 bridgehead atoms. The predicted octanol–water partition coefficient (Wildman–Crippen LogP) is 2.20. The van der Waals surface area contributed by atoms with Crippen LogP contribution in [0.5, 0.6) is 0 Å². The molecule has 0 radical (unpaired) electrons. The summed E-state index contributed by atoms with van der Waals surface area (Å²) in [5.74, 6) is -0.714. The van der Waals surface area contributed by atoms with Crippen molar-refractivity contribution < 1.29 is 14.7 Å². The molecule has 1 amide bonds. The number of aliphatic carboxylic acids is 1. The summed E-state index contributed by atoms with van der Waals surface area (Å²) in [6.45, 7) is 3.20. The second kappa shape index (κ2) is 6.61. The van der Waals surface area contributed by atoms with Gasteiger partial charge in [0.1, 0.15) is 0 Å². The summed E-state index contributed by atoms with van der Waals surface area (Å²) in [6.07, 6.45) is 1.69. The number of benzene rings is 1. The molecule has 1 aliphatic rings. The molecule has 5 nitrogen and oxygen atoms in total. The summed E-state index contributed by atoms with van der Waals surface area (Å²) < 4.78 is 0. The molecular formula is C16H22N2O3. The number of amides is 1.